The molecule has 0 atom stereocenters. The third kappa shape index (κ3) is 6.94. The standard InChI is InChI=1S/C20H28N4O2S2.HI/c1-2-21-20(22-15-17-9-5-3-6-10-17)23-16-18-11-12-19(27-18)28(25,26)24-13-7-4-8-14-24;/h3,5-6,9-12H,2,4,7-8,13-16H2,1H3,(H2,21,22,23);1H. The lowest BCUT2D eigenvalue weighted by atomic mass is 10.2. The van der Waals surface area contributed by atoms with Crippen LogP contribution in [0.1, 0.15) is 36.6 Å². The Kier molecular flexibility index (Phi) is 9.87. The van der Waals surface area contributed by atoms with Gasteiger partial charge in [-0.3, -0.25) is 0 Å². The van der Waals surface area contributed by atoms with Gasteiger partial charge in [0.25, 0.3) is 10.0 Å². The van der Waals surface area contributed by atoms with E-state index in [9.17, 15) is 8.42 Å². The van der Waals surface area contributed by atoms with Gasteiger partial charge >= 0.3 is 0 Å². The van der Waals surface area contributed by atoms with Crippen molar-refractivity contribution in [1.82, 2.24) is 14.9 Å². The van der Waals surface area contributed by atoms with Crippen LogP contribution >= 0.6 is 35.3 Å². The monoisotopic (exact) mass is 548 g/mol. The number of aliphatic imine (C=N–C) groups is 1. The molecule has 9 heteroatoms. The first-order chi connectivity index (χ1) is 13.6. The van der Waals surface area contributed by atoms with Gasteiger partial charge in [0.05, 0.1) is 13.1 Å². The summed E-state index contributed by atoms with van der Waals surface area (Å²) in [6.07, 6.45) is 3.01. The highest BCUT2D eigenvalue weighted by molar-refractivity contribution is 14.0. The molecular weight excluding hydrogens is 519 g/mol. The van der Waals surface area contributed by atoms with Crippen LogP contribution in [0, 0.1) is 0 Å². The average Bonchev–Trinajstić information content (AvgIpc) is 3.21. The third-order valence-corrected chi connectivity index (χ3v) is 8.03. The first kappa shape index (κ1) is 24.1. The highest BCUT2D eigenvalue weighted by Crippen LogP contribution is 2.27. The highest BCUT2D eigenvalue weighted by atomic mass is 127. The fraction of sp³-hybridized carbons (Fsp3) is 0.450. The van der Waals surface area contributed by atoms with Gasteiger partial charge in [-0.1, -0.05) is 36.8 Å². The first-order valence-corrected chi connectivity index (χ1v) is 12.0. The number of halogens is 1. The second kappa shape index (κ2) is 11.9. The van der Waals surface area contributed by atoms with Crippen LogP contribution in [0.5, 0.6) is 0 Å². The van der Waals surface area contributed by atoms with Crippen molar-refractivity contribution in [2.75, 3.05) is 19.6 Å². The van der Waals surface area contributed by atoms with E-state index >= 15 is 0 Å². The molecule has 1 saturated heterocycles. The molecule has 2 N–H and O–H groups in total. The van der Waals surface area contributed by atoms with Gasteiger partial charge in [-0.05, 0) is 37.5 Å². The van der Waals surface area contributed by atoms with E-state index in [0.29, 0.717) is 30.4 Å². The second-order valence-electron chi connectivity index (χ2n) is 6.72. The Labute approximate surface area is 194 Å². The Hall–Kier alpha value is -1.17. The van der Waals surface area contributed by atoms with E-state index in [1.165, 1.54) is 11.3 Å². The van der Waals surface area contributed by atoms with Crippen molar-refractivity contribution in [2.45, 2.75) is 43.5 Å². The van der Waals surface area contributed by atoms with Crippen LogP contribution in [0.3, 0.4) is 0 Å². The molecule has 0 unspecified atom stereocenters. The summed E-state index contributed by atoms with van der Waals surface area (Å²) in [6, 6.07) is 13.7. The van der Waals surface area contributed by atoms with Gasteiger partial charge in [0, 0.05) is 24.5 Å². The van der Waals surface area contributed by atoms with Gasteiger partial charge in [0.2, 0.25) is 0 Å². The number of piperidine rings is 1. The lowest BCUT2D eigenvalue weighted by Gasteiger charge is -2.25. The number of nitrogens with zero attached hydrogens (tertiary/aromatic N) is 2. The Morgan fingerprint density at radius 1 is 1.07 bits per heavy atom. The molecule has 3 rings (SSSR count). The minimum absolute atomic E-state index is 0. The van der Waals surface area contributed by atoms with Crippen molar-refractivity contribution in [1.29, 1.82) is 0 Å². The van der Waals surface area contributed by atoms with E-state index < -0.39 is 10.0 Å². The molecule has 6 nitrogen and oxygen atoms in total. The summed E-state index contributed by atoms with van der Waals surface area (Å²) in [7, 11) is -3.36. The minimum Gasteiger partial charge on any atom is -0.357 e. The van der Waals surface area contributed by atoms with Crippen molar-refractivity contribution in [3.8, 4) is 0 Å². The molecule has 29 heavy (non-hydrogen) atoms. The third-order valence-electron chi connectivity index (χ3n) is 4.58. The van der Waals surface area contributed by atoms with E-state index in [-0.39, 0.29) is 24.0 Å². The van der Waals surface area contributed by atoms with Crippen LogP contribution in [-0.4, -0.2) is 38.3 Å². The summed E-state index contributed by atoms with van der Waals surface area (Å²) in [6.45, 7) is 5.18. The van der Waals surface area contributed by atoms with Crippen molar-refractivity contribution < 1.29 is 8.42 Å². The summed E-state index contributed by atoms with van der Waals surface area (Å²) in [4.78, 5) is 5.57. The summed E-state index contributed by atoms with van der Waals surface area (Å²) < 4.78 is 27.6. The van der Waals surface area contributed by atoms with Crippen LogP contribution in [-0.2, 0) is 23.1 Å². The normalized spacial score (nSPS) is 15.6. The zero-order valence-corrected chi connectivity index (χ0v) is 20.6. The molecule has 1 aromatic heterocycles. The molecule has 1 fully saturated rings. The number of sulfonamides is 1. The maximum Gasteiger partial charge on any atom is 0.252 e. The molecule has 0 aliphatic carbocycles. The van der Waals surface area contributed by atoms with Gasteiger partial charge in [-0.2, -0.15) is 4.31 Å². The highest BCUT2D eigenvalue weighted by Gasteiger charge is 2.27. The van der Waals surface area contributed by atoms with Gasteiger partial charge in [0.1, 0.15) is 4.21 Å². The zero-order valence-electron chi connectivity index (χ0n) is 16.6. The summed E-state index contributed by atoms with van der Waals surface area (Å²) in [5.74, 6) is 0.722. The van der Waals surface area contributed by atoms with Gasteiger partial charge < -0.3 is 10.6 Å². The predicted octanol–water partition coefficient (Wildman–Crippen LogP) is 3.80. The molecule has 1 aromatic carbocycles. The number of hydrogen-bond donors (Lipinski definition) is 2. The van der Waals surface area contributed by atoms with Crippen LogP contribution in [0.15, 0.2) is 51.7 Å². The smallest absolute Gasteiger partial charge is 0.252 e. The van der Waals surface area contributed by atoms with Crippen molar-refractivity contribution in [3.63, 3.8) is 0 Å². The fourth-order valence-electron chi connectivity index (χ4n) is 3.09. The maximum atomic E-state index is 12.8. The molecule has 2 aromatic rings. The molecule has 0 spiro atoms. The SMILES string of the molecule is CCNC(=NCc1ccccc1)NCc1ccc(S(=O)(=O)N2CCCCC2)s1.I. The lowest BCUT2D eigenvalue weighted by molar-refractivity contribution is 0.347. The van der Waals surface area contributed by atoms with Crippen LogP contribution in [0.2, 0.25) is 0 Å². The molecule has 0 bridgehead atoms. The van der Waals surface area contributed by atoms with Crippen molar-refractivity contribution in [2.24, 2.45) is 4.99 Å². The van der Waals surface area contributed by atoms with Crippen molar-refractivity contribution in [3.05, 3.63) is 52.9 Å². The Morgan fingerprint density at radius 3 is 2.48 bits per heavy atom. The Bertz CT molecular complexity index is 879. The molecule has 2 heterocycles. The number of rotatable bonds is 7. The fourth-order valence-corrected chi connectivity index (χ4v) is 6.06. The summed E-state index contributed by atoms with van der Waals surface area (Å²) in [5.41, 5.74) is 1.14. The van der Waals surface area contributed by atoms with Gasteiger partial charge in [0.15, 0.2) is 5.96 Å². The largest absolute Gasteiger partial charge is 0.357 e. The molecular formula is C20H29IN4O2S2. The van der Waals surface area contributed by atoms with Crippen LogP contribution < -0.4 is 10.6 Å². The molecule has 160 valence electrons. The quantitative estimate of drug-likeness (QED) is 0.314. The minimum atomic E-state index is -3.36. The molecule has 1 aliphatic heterocycles. The predicted molar refractivity (Wildman–Crippen MR) is 130 cm³/mol. The van der Waals surface area contributed by atoms with E-state index in [0.717, 1.165) is 42.2 Å². The van der Waals surface area contributed by atoms with Crippen molar-refractivity contribution >= 4 is 51.3 Å². The molecule has 0 saturated carbocycles. The molecule has 0 amide bonds. The summed E-state index contributed by atoms with van der Waals surface area (Å²) >= 11 is 1.33. The van der Waals surface area contributed by atoms with Gasteiger partial charge in [-0.25, -0.2) is 13.4 Å². The Balaban J connectivity index is 0.00000300. The number of benzene rings is 1. The van der Waals surface area contributed by atoms with E-state index in [1.807, 2.05) is 43.3 Å². The topological polar surface area (TPSA) is 73.8 Å². The zero-order chi connectivity index (χ0) is 19.8. The average molecular weight is 549 g/mol. The number of hydrogen-bond acceptors (Lipinski definition) is 4. The van der Waals surface area contributed by atoms with E-state index in [2.05, 4.69) is 15.6 Å². The van der Waals surface area contributed by atoms with Crippen LogP contribution in [0.4, 0.5) is 0 Å². The first-order valence-electron chi connectivity index (χ1n) is 9.74. The van der Waals surface area contributed by atoms with E-state index in [4.69, 9.17) is 0 Å². The number of thiophene rings is 1. The maximum absolute atomic E-state index is 12.8. The Morgan fingerprint density at radius 2 is 1.79 bits per heavy atom. The summed E-state index contributed by atoms with van der Waals surface area (Å²) in [5, 5.41) is 6.52. The number of guanidine groups is 1. The van der Waals surface area contributed by atoms with E-state index in [1.54, 1.807) is 10.4 Å². The van der Waals surface area contributed by atoms with Gasteiger partial charge in [-0.15, -0.1) is 35.3 Å². The molecule has 0 radical (unpaired) electrons. The number of nitrogens with one attached hydrogen (secondary N) is 2. The second-order valence-corrected chi connectivity index (χ2v) is 10.1. The lowest BCUT2D eigenvalue weighted by Crippen LogP contribution is -2.36. The molecule has 1 aliphatic rings. The van der Waals surface area contributed by atoms with Crippen LogP contribution in [0.25, 0.3) is 0 Å².